The third kappa shape index (κ3) is 3.78. The predicted molar refractivity (Wildman–Crippen MR) is 100 cm³/mol. The topological polar surface area (TPSA) is 125 Å². The molecule has 3 rings (SSSR count). The van der Waals surface area contributed by atoms with Gasteiger partial charge in [0, 0.05) is 12.1 Å². The normalized spacial score (nSPS) is 18.8. The molecule has 28 heavy (non-hydrogen) atoms. The summed E-state index contributed by atoms with van der Waals surface area (Å²) in [5.41, 5.74) is 1.34. The van der Waals surface area contributed by atoms with E-state index in [-0.39, 0.29) is 17.0 Å². The van der Waals surface area contributed by atoms with Crippen molar-refractivity contribution in [2.45, 2.75) is 42.5 Å². The fraction of sp³-hybridized carbons (Fsp3) is 0.389. The van der Waals surface area contributed by atoms with Gasteiger partial charge in [-0.25, -0.2) is 17.9 Å². The maximum absolute atomic E-state index is 12.7. The molecule has 2 fully saturated rings. The number of carbonyl (C=O) groups is 3. The van der Waals surface area contributed by atoms with E-state index in [1.54, 1.807) is 0 Å². The van der Waals surface area contributed by atoms with Crippen LogP contribution >= 0.6 is 0 Å². The third-order valence-corrected chi connectivity index (χ3v) is 6.33. The molecule has 1 aromatic carbocycles. The van der Waals surface area contributed by atoms with Crippen molar-refractivity contribution in [2.24, 2.45) is 0 Å². The Morgan fingerprint density at radius 3 is 2.64 bits per heavy atom. The van der Waals surface area contributed by atoms with E-state index in [2.05, 4.69) is 22.0 Å². The number of imide groups is 1. The van der Waals surface area contributed by atoms with Gasteiger partial charge in [-0.05, 0) is 31.0 Å². The van der Waals surface area contributed by atoms with Gasteiger partial charge in [-0.2, -0.15) is 5.01 Å². The summed E-state index contributed by atoms with van der Waals surface area (Å²) < 4.78 is 26.7. The van der Waals surface area contributed by atoms with Crippen LogP contribution in [0.2, 0.25) is 0 Å². The minimum atomic E-state index is -3.81. The number of sulfonamides is 1. The highest BCUT2D eigenvalue weighted by Crippen LogP contribution is 2.33. The maximum Gasteiger partial charge on any atom is 0.344 e. The van der Waals surface area contributed by atoms with E-state index in [9.17, 15) is 22.8 Å². The van der Waals surface area contributed by atoms with E-state index in [1.165, 1.54) is 30.3 Å². The molecule has 1 aliphatic heterocycles. The van der Waals surface area contributed by atoms with Crippen LogP contribution in [-0.4, -0.2) is 43.4 Å². The monoisotopic (exact) mass is 406 g/mol. The van der Waals surface area contributed by atoms with Crippen LogP contribution in [0.4, 0.5) is 4.79 Å². The number of hydrogen-bond donors (Lipinski definition) is 3. The van der Waals surface area contributed by atoms with Crippen LogP contribution in [0.5, 0.6) is 0 Å². The lowest BCUT2D eigenvalue weighted by molar-refractivity contribution is -0.134. The van der Waals surface area contributed by atoms with Gasteiger partial charge in [-0.15, -0.1) is 6.58 Å². The standard InChI is InChI=1S/C18H22N4O5S/c1-2-11-19-28(26,27)14-8-6-7-13(12-14)15(23)21-22-16(24)18(20-17(22)25)9-4-3-5-10-18/h2,6-8,12,19H,1,3-5,9-11H2,(H,20,25)(H,21,23). The summed E-state index contributed by atoms with van der Waals surface area (Å²) in [6.45, 7) is 3.49. The molecule has 0 atom stereocenters. The third-order valence-electron chi connectivity index (χ3n) is 4.91. The van der Waals surface area contributed by atoms with Crippen LogP contribution in [0.25, 0.3) is 0 Å². The Kier molecular flexibility index (Phi) is 5.52. The molecule has 3 N–H and O–H groups in total. The van der Waals surface area contributed by atoms with E-state index in [0.717, 1.165) is 19.3 Å². The average Bonchev–Trinajstić information content (AvgIpc) is 2.91. The molecule has 1 saturated carbocycles. The zero-order valence-corrected chi connectivity index (χ0v) is 16.0. The molecule has 1 aromatic rings. The van der Waals surface area contributed by atoms with Gasteiger partial charge in [0.2, 0.25) is 10.0 Å². The van der Waals surface area contributed by atoms with E-state index >= 15 is 0 Å². The van der Waals surface area contributed by atoms with Crippen molar-refractivity contribution < 1.29 is 22.8 Å². The lowest BCUT2D eigenvalue weighted by atomic mass is 9.82. The fourth-order valence-corrected chi connectivity index (χ4v) is 4.48. The highest BCUT2D eigenvalue weighted by molar-refractivity contribution is 7.89. The molecule has 150 valence electrons. The van der Waals surface area contributed by atoms with Crippen LogP contribution < -0.4 is 15.5 Å². The predicted octanol–water partition coefficient (Wildman–Crippen LogP) is 1.05. The summed E-state index contributed by atoms with van der Waals surface area (Å²) in [5, 5.41) is 3.38. The van der Waals surface area contributed by atoms with Gasteiger partial charge in [0.25, 0.3) is 11.8 Å². The fourth-order valence-electron chi connectivity index (χ4n) is 3.44. The summed E-state index contributed by atoms with van der Waals surface area (Å²) in [6, 6.07) is 4.64. The van der Waals surface area contributed by atoms with E-state index in [0.29, 0.717) is 17.9 Å². The summed E-state index contributed by atoms with van der Waals surface area (Å²) in [7, 11) is -3.81. The van der Waals surface area contributed by atoms with Gasteiger partial charge < -0.3 is 5.32 Å². The second-order valence-corrected chi connectivity index (χ2v) is 8.59. The summed E-state index contributed by atoms with van der Waals surface area (Å²) in [5.74, 6) is -1.24. The van der Waals surface area contributed by atoms with Crippen LogP contribution in [0.3, 0.4) is 0 Å². The van der Waals surface area contributed by atoms with Gasteiger partial charge >= 0.3 is 6.03 Å². The molecule has 0 aromatic heterocycles. The lowest BCUT2D eigenvalue weighted by Crippen LogP contribution is -2.50. The zero-order chi connectivity index (χ0) is 20.4. The molecular weight excluding hydrogens is 384 g/mol. The Labute approximate surface area is 163 Å². The van der Waals surface area contributed by atoms with Crippen molar-refractivity contribution >= 4 is 27.9 Å². The highest BCUT2D eigenvalue weighted by Gasteiger charge is 2.52. The minimum absolute atomic E-state index is 0.00618. The second kappa shape index (κ2) is 7.72. The minimum Gasteiger partial charge on any atom is -0.322 e. The van der Waals surface area contributed by atoms with Gasteiger partial charge in [0.05, 0.1) is 4.90 Å². The van der Waals surface area contributed by atoms with Gasteiger partial charge in [-0.3, -0.25) is 15.0 Å². The number of benzene rings is 1. The number of amides is 4. The smallest absolute Gasteiger partial charge is 0.322 e. The first-order chi connectivity index (χ1) is 13.3. The SMILES string of the molecule is C=CCNS(=O)(=O)c1cccc(C(=O)NN2C(=O)NC3(CCCCC3)C2=O)c1. The number of hydrazine groups is 1. The molecule has 0 bridgehead atoms. The van der Waals surface area contributed by atoms with Crippen molar-refractivity contribution in [1.82, 2.24) is 20.5 Å². The molecule has 0 unspecified atom stereocenters. The lowest BCUT2D eigenvalue weighted by Gasteiger charge is -2.30. The van der Waals surface area contributed by atoms with Gasteiger partial charge in [0.1, 0.15) is 5.54 Å². The highest BCUT2D eigenvalue weighted by atomic mass is 32.2. The number of nitrogens with zero attached hydrogens (tertiary/aromatic N) is 1. The van der Waals surface area contributed by atoms with E-state index < -0.39 is 33.4 Å². The summed E-state index contributed by atoms with van der Waals surface area (Å²) >= 11 is 0. The number of nitrogens with one attached hydrogen (secondary N) is 3. The van der Waals surface area contributed by atoms with Crippen LogP contribution in [0.1, 0.15) is 42.5 Å². The first kappa shape index (κ1) is 20.0. The molecule has 4 amide bonds. The Morgan fingerprint density at radius 2 is 1.96 bits per heavy atom. The molecule has 1 saturated heterocycles. The number of hydrogen-bond acceptors (Lipinski definition) is 5. The quantitative estimate of drug-likeness (QED) is 0.481. The Balaban J connectivity index is 1.76. The molecular formula is C18H22N4O5S. The summed E-state index contributed by atoms with van der Waals surface area (Å²) in [6.07, 6.45) is 5.11. The van der Waals surface area contributed by atoms with Crippen molar-refractivity contribution in [3.8, 4) is 0 Å². The van der Waals surface area contributed by atoms with Crippen LogP contribution in [0.15, 0.2) is 41.8 Å². The second-order valence-electron chi connectivity index (χ2n) is 6.82. The molecule has 2 aliphatic rings. The average molecular weight is 406 g/mol. The molecule has 9 nitrogen and oxygen atoms in total. The Hall–Kier alpha value is -2.72. The number of rotatable bonds is 6. The van der Waals surface area contributed by atoms with Gasteiger partial charge in [0.15, 0.2) is 0 Å². The summed E-state index contributed by atoms with van der Waals surface area (Å²) in [4.78, 5) is 37.4. The molecule has 1 aliphatic carbocycles. The first-order valence-corrected chi connectivity index (χ1v) is 10.5. The number of carbonyl (C=O) groups excluding carboxylic acids is 3. The first-order valence-electron chi connectivity index (χ1n) is 8.97. The van der Waals surface area contributed by atoms with Gasteiger partial charge in [-0.1, -0.05) is 31.4 Å². The molecule has 0 radical (unpaired) electrons. The largest absolute Gasteiger partial charge is 0.344 e. The van der Waals surface area contributed by atoms with Crippen LogP contribution in [0, 0.1) is 0 Å². The van der Waals surface area contributed by atoms with Crippen molar-refractivity contribution in [1.29, 1.82) is 0 Å². The maximum atomic E-state index is 12.7. The van der Waals surface area contributed by atoms with Crippen molar-refractivity contribution in [2.75, 3.05) is 6.54 Å². The van der Waals surface area contributed by atoms with Crippen molar-refractivity contribution in [3.63, 3.8) is 0 Å². The molecule has 1 spiro atoms. The number of urea groups is 1. The Bertz CT molecular complexity index is 922. The molecule has 1 heterocycles. The zero-order valence-electron chi connectivity index (χ0n) is 15.2. The van der Waals surface area contributed by atoms with E-state index in [4.69, 9.17) is 0 Å². The Morgan fingerprint density at radius 1 is 1.25 bits per heavy atom. The van der Waals surface area contributed by atoms with Crippen molar-refractivity contribution in [3.05, 3.63) is 42.5 Å². The van der Waals surface area contributed by atoms with Crippen LogP contribution in [-0.2, 0) is 14.8 Å². The van der Waals surface area contributed by atoms with E-state index in [1.807, 2.05) is 0 Å². The molecule has 10 heteroatoms.